The molecule has 0 aliphatic rings. The third-order valence-corrected chi connectivity index (χ3v) is 3.14. The molecule has 0 radical (unpaired) electrons. The van der Waals surface area contributed by atoms with Crippen LogP contribution >= 0.6 is 0 Å². The van der Waals surface area contributed by atoms with Crippen LogP contribution in [0.15, 0.2) is 55.3 Å². The van der Waals surface area contributed by atoms with E-state index in [2.05, 4.69) is 22.2 Å². The number of hydrogen-bond acceptors (Lipinski definition) is 3. The van der Waals surface area contributed by atoms with Gasteiger partial charge in [0.1, 0.15) is 5.69 Å². The Hall–Kier alpha value is -2.62. The van der Waals surface area contributed by atoms with Gasteiger partial charge in [0.25, 0.3) is 5.91 Å². The number of nitrogens with zero attached hydrogens (tertiary/aromatic N) is 1. The van der Waals surface area contributed by atoms with Crippen LogP contribution in [0, 0.1) is 6.92 Å². The van der Waals surface area contributed by atoms with Gasteiger partial charge in [-0.15, -0.1) is 6.58 Å². The fourth-order valence-corrected chi connectivity index (χ4v) is 1.93. The fraction of sp³-hybridized carbons (Fsp3) is 0.176. The van der Waals surface area contributed by atoms with Crippen molar-refractivity contribution in [1.29, 1.82) is 0 Å². The van der Waals surface area contributed by atoms with E-state index >= 15 is 0 Å². The zero-order valence-electron chi connectivity index (χ0n) is 12.1. The number of amides is 1. The Bertz CT molecular complexity index is 637. The number of carbonyl (C=O) groups is 1. The Morgan fingerprint density at radius 2 is 2.14 bits per heavy atom. The Labute approximate surface area is 124 Å². The molecule has 2 aromatic rings. The molecule has 0 aliphatic carbocycles. The highest BCUT2D eigenvalue weighted by atomic mass is 16.1. The molecule has 21 heavy (non-hydrogen) atoms. The largest absolute Gasteiger partial charge is 0.381 e. The van der Waals surface area contributed by atoms with Crippen molar-refractivity contribution in [3.8, 4) is 0 Å². The van der Waals surface area contributed by atoms with Crippen LogP contribution in [0.4, 0.5) is 5.69 Å². The van der Waals surface area contributed by atoms with Gasteiger partial charge < -0.3 is 10.6 Å². The van der Waals surface area contributed by atoms with Gasteiger partial charge in [0.05, 0.1) is 0 Å². The van der Waals surface area contributed by atoms with Crippen LogP contribution < -0.4 is 10.6 Å². The van der Waals surface area contributed by atoms with Crippen molar-refractivity contribution in [3.63, 3.8) is 0 Å². The van der Waals surface area contributed by atoms with Crippen LogP contribution in [0.5, 0.6) is 0 Å². The highest BCUT2D eigenvalue weighted by Crippen LogP contribution is 2.09. The maximum Gasteiger partial charge on any atom is 0.270 e. The molecule has 1 aromatic heterocycles. The van der Waals surface area contributed by atoms with Gasteiger partial charge in [0.15, 0.2) is 0 Å². The molecule has 0 fully saturated rings. The number of benzene rings is 1. The molecule has 0 unspecified atom stereocenters. The second-order valence-electron chi connectivity index (χ2n) is 4.71. The summed E-state index contributed by atoms with van der Waals surface area (Å²) in [5.74, 6) is -0.180. The highest BCUT2D eigenvalue weighted by molar-refractivity contribution is 5.93. The third kappa shape index (κ3) is 4.18. The van der Waals surface area contributed by atoms with Crippen molar-refractivity contribution in [2.45, 2.75) is 13.5 Å². The first kappa shape index (κ1) is 14.8. The lowest BCUT2D eigenvalue weighted by atomic mass is 10.1. The molecule has 4 nitrogen and oxygen atoms in total. The van der Waals surface area contributed by atoms with Gasteiger partial charge in [0, 0.05) is 25.0 Å². The first-order valence-electron chi connectivity index (χ1n) is 6.84. The first-order valence-corrected chi connectivity index (χ1v) is 6.84. The summed E-state index contributed by atoms with van der Waals surface area (Å²) in [6.45, 7) is 6.82. The summed E-state index contributed by atoms with van der Waals surface area (Å²) in [7, 11) is 0. The molecular weight excluding hydrogens is 262 g/mol. The minimum Gasteiger partial charge on any atom is -0.381 e. The molecule has 0 atom stereocenters. The number of aromatic nitrogens is 1. The van der Waals surface area contributed by atoms with Crippen molar-refractivity contribution >= 4 is 11.6 Å². The average molecular weight is 281 g/mol. The van der Waals surface area contributed by atoms with E-state index in [1.807, 2.05) is 37.3 Å². The minimum atomic E-state index is -0.180. The maximum atomic E-state index is 12.1. The number of anilines is 1. The highest BCUT2D eigenvalue weighted by Gasteiger charge is 2.08. The number of rotatable bonds is 6. The molecule has 4 heteroatoms. The normalized spacial score (nSPS) is 9.95. The van der Waals surface area contributed by atoms with Crippen LogP contribution in [0.25, 0.3) is 0 Å². The zero-order valence-corrected chi connectivity index (χ0v) is 12.1. The minimum absolute atomic E-state index is 0.180. The number of hydrogen-bond donors (Lipinski definition) is 2. The van der Waals surface area contributed by atoms with E-state index in [1.54, 1.807) is 18.3 Å². The topological polar surface area (TPSA) is 54.0 Å². The Kier molecular flexibility index (Phi) is 5.10. The average Bonchev–Trinajstić information content (AvgIpc) is 2.52. The number of nitrogens with one attached hydrogen (secondary N) is 2. The molecule has 108 valence electrons. The van der Waals surface area contributed by atoms with E-state index in [9.17, 15) is 4.79 Å². The van der Waals surface area contributed by atoms with Crippen LogP contribution in [-0.4, -0.2) is 17.4 Å². The Morgan fingerprint density at radius 1 is 1.33 bits per heavy atom. The molecule has 1 heterocycles. The second-order valence-corrected chi connectivity index (χ2v) is 4.71. The Balaban J connectivity index is 2.00. The molecule has 0 aliphatic heterocycles. The van der Waals surface area contributed by atoms with Crippen molar-refractivity contribution in [1.82, 2.24) is 10.3 Å². The van der Waals surface area contributed by atoms with Crippen molar-refractivity contribution in [2.24, 2.45) is 0 Å². The van der Waals surface area contributed by atoms with Gasteiger partial charge in [-0.25, -0.2) is 0 Å². The predicted molar refractivity (Wildman–Crippen MR) is 85.3 cm³/mol. The summed E-state index contributed by atoms with van der Waals surface area (Å²) in [5.41, 5.74) is 3.52. The summed E-state index contributed by atoms with van der Waals surface area (Å²) in [6.07, 6.45) is 3.38. The van der Waals surface area contributed by atoms with Gasteiger partial charge in [-0.1, -0.05) is 30.3 Å². The van der Waals surface area contributed by atoms with Gasteiger partial charge in [-0.2, -0.15) is 0 Å². The molecule has 0 saturated heterocycles. The van der Waals surface area contributed by atoms with Gasteiger partial charge in [0.2, 0.25) is 0 Å². The molecule has 0 saturated carbocycles. The second kappa shape index (κ2) is 7.24. The number of pyridine rings is 1. The van der Waals surface area contributed by atoms with E-state index in [-0.39, 0.29) is 5.91 Å². The van der Waals surface area contributed by atoms with Crippen LogP contribution in [0.2, 0.25) is 0 Å². The van der Waals surface area contributed by atoms with Gasteiger partial charge >= 0.3 is 0 Å². The summed E-state index contributed by atoms with van der Waals surface area (Å²) in [4.78, 5) is 16.2. The lowest BCUT2D eigenvalue weighted by Gasteiger charge is -2.09. The van der Waals surface area contributed by atoms with Crippen molar-refractivity contribution < 1.29 is 4.79 Å². The molecule has 2 N–H and O–H groups in total. The van der Waals surface area contributed by atoms with E-state index in [1.165, 1.54) is 0 Å². The van der Waals surface area contributed by atoms with E-state index in [4.69, 9.17) is 0 Å². The third-order valence-electron chi connectivity index (χ3n) is 3.14. The van der Waals surface area contributed by atoms with Crippen LogP contribution in [0.1, 0.15) is 21.6 Å². The zero-order chi connectivity index (χ0) is 15.1. The summed E-state index contributed by atoms with van der Waals surface area (Å²) < 4.78 is 0. The molecule has 2 rings (SSSR count). The quantitative estimate of drug-likeness (QED) is 0.800. The van der Waals surface area contributed by atoms with Crippen molar-refractivity contribution in [3.05, 3.63) is 72.1 Å². The van der Waals surface area contributed by atoms with Crippen LogP contribution in [0.3, 0.4) is 0 Å². The lowest BCUT2D eigenvalue weighted by Crippen LogP contribution is -2.24. The maximum absolute atomic E-state index is 12.1. The van der Waals surface area contributed by atoms with Crippen LogP contribution in [-0.2, 0) is 6.54 Å². The predicted octanol–water partition coefficient (Wildman–Crippen LogP) is 2.92. The van der Waals surface area contributed by atoms with Gasteiger partial charge in [-0.05, 0) is 30.2 Å². The number of carbonyl (C=O) groups excluding carboxylic acids is 1. The Morgan fingerprint density at radius 3 is 2.90 bits per heavy atom. The lowest BCUT2D eigenvalue weighted by molar-refractivity contribution is 0.0946. The van der Waals surface area contributed by atoms with Gasteiger partial charge in [-0.3, -0.25) is 9.78 Å². The number of aryl methyl sites for hydroxylation is 1. The fourth-order valence-electron chi connectivity index (χ4n) is 1.93. The molecule has 0 spiro atoms. The smallest absolute Gasteiger partial charge is 0.270 e. The molecular formula is C17H19N3O. The van der Waals surface area contributed by atoms with Crippen molar-refractivity contribution in [2.75, 3.05) is 11.9 Å². The SMILES string of the molecule is C=CCNc1ccnc(C(=O)NCc2ccccc2C)c1. The standard InChI is InChI=1S/C17H19N3O/c1-3-9-18-15-8-10-19-16(11-15)17(21)20-12-14-7-5-4-6-13(14)2/h3-8,10-11H,1,9,12H2,2H3,(H,18,19)(H,20,21). The summed E-state index contributed by atoms with van der Waals surface area (Å²) >= 11 is 0. The summed E-state index contributed by atoms with van der Waals surface area (Å²) in [6, 6.07) is 11.5. The van der Waals surface area contributed by atoms with E-state index < -0.39 is 0 Å². The summed E-state index contributed by atoms with van der Waals surface area (Å²) in [5, 5.41) is 6.02. The first-order chi connectivity index (χ1) is 10.2. The van der Waals surface area contributed by atoms with E-state index in [0.29, 0.717) is 18.8 Å². The monoisotopic (exact) mass is 281 g/mol. The van der Waals surface area contributed by atoms with E-state index in [0.717, 1.165) is 16.8 Å². The molecule has 1 aromatic carbocycles. The molecule has 1 amide bonds. The molecule has 0 bridgehead atoms.